The number of aromatic nitrogens is 1. The van der Waals surface area contributed by atoms with Gasteiger partial charge in [0.15, 0.2) is 0 Å². The number of carbonyl (C=O) groups is 1. The molecule has 1 unspecified atom stereocenters. The van der Waals surface area contributed by atoms with Gasteiger partial charge in [0.1, 0.15) is 11.9 Å². The molecule has 29 heavy (non-hydrogen) atoms. The van der Waals surface area contributed by atoms with Gasteiger partial charge in [0, 0.05) is 12.7 Å². The predicted octanol–water partition coefficient (Wildman–Crippen LogP) is 7.87. The number of carbonyl (C=O) groups excluding carboxylic acids is 1. The number of nitrogens with zero attached hydrogens (tertiary/aromatic N) is 1. The van der Waals surface area contributed by atoms with Crippen LogP contribution >= 0.6 is 0 Å². The van der Waals surface area contributed by atoms with Crippen LogP contribution in [0.2, 0.25) is 0 Å². The van der Waals surface area contributed by atoms with E-state index in [1.165, 1.54) is 70.6 Å². The van der Waals surface area contributed by atoms with Crippen molar-refractivity contribution in [1.82, 2.24) is 4.57 Å². The van der Waals surface area contributed by atoms with Crippen molar-refractivity contribution in [1.29, 1.82) is 0 Å². The van der Waals surface area contributed by atoms with Crippen molar-refractivity contribution in [3.8, 4) is 0 Å². The Bertz CT molecular complexity index is 515. The van der Waals surface area contributed by atoms with E-state index in [4.69, 9.17) is 4.74 Å². The lowest BCUT2D eigenvalue weighted by Crippen LogP contribution is -2.14. The van der Waals surface area contributed by atoms with Gasteiger partial charge in [0.25, 0.3) is 0 Å². The molecule has 1 aromatic rings. The van der Waals surface area contributed by atoms with Gasteiger partial charge in [-0.1, -0.05) is 90.4 Å². The van der Waals surface area contributed by atoms with Gasteiger partial charge in [-0.3, -0.25) is 0 Å². The Kier molecular flexibility index (Phi) is 15.5. The number of ether oxygens (including phenoxy) is 1. The lowest BCUT2D eigenvalue weighted by atomic mass is 10.0. The molecular weight excluding hydrogens is 365 g/mol. The molecule has 3 nitrogen and oxygen atoms in total. The average Bonchev–Trinajstić information content (AvgIpc) is 3.19. The summed E-state index contributed by atoms with van der Waals surface area (Å²) in [6, 6.07) is 3.55. The van der Waals surface area contributed by atoms with Crippen molar-refractivity contribution in [3.63, 3.8) is 0 Å². The Hall–Kier alpha value is -1.32. The fourth-order valence-corrected chi connectivity index (χ4v) is 3.81. The molecule has 4 heteroatoms. The van der Waals surface area contributed by atoms with E-state index in [2.05, 4.69) is 6.92 Å². The molecule has 0 aliphatic rings. The van der Waals surface area contributed by atoms with Crippen molar-refractivity contribution >= 4 is 5.97 Å². The van der Waals surface area contributed by atoms with Gasteiger partial charge in [-0.15, -0.1) is 0 Å². The Morgan fingerprint density at radius 2 is 1.45 bits per heavy atom. The molecule has 0 fully saturated rings. The molecular formula is C25H44FNO2. The highest BCUT2D eigenvalue weighted by Gasteiger charge is 2.13. The molecule has 168 valence electrons. The quantitative estimate of drug-likeness (QED) is 0.172. The van der Waals surface area contributed by atoms with Crippen LogP contribution in [0.4, 0.5) is 4.39 Å². The van der Waals surface area contributed by atoms with E-state index < -0.39 is 6.17 Å². The zero-order chi connectivity index (χ0) is 21.2. The molecule has 1 aromatic heterocycles. The summed E-state index contributed by atoms with van der Waals surface area (Å²) in [4.78, 5) is 11.8. The number of hydrogen-bond acceptors (Lipinski definition) is 2. The molecule has 0 radical (unpaired) electrons. The first kappa shape index (κ1) is 25.7. The highest BCUT2D eigenvalue weighted by molar-refractivity contribution is 5.87. The summed E-state index contributed by atoms with van der Waals surface area (Å²) in [5.74, 6) is -0.329. The van der Waals surface area contributed by atoms with E-state index >= 15 is 0 Å². The first-order valence-electron chi connectivity index (χ1n) is 12.1. The first-order chi connectivity index (χ1) is 14.2. The van der Waals surface area contributed by atoms with Crippen LogP contribution < -0.4 is 0 Å². The van der Waals surface area contributed by atoms with Crippen molar-refractivity contribution in [2.45, 2.75) is 123 Å². The van der Waals surface area contributed by atoms with E-state index in [1.54, 1.807) is 17.6 Å². The van der Waals surface area contributed by atoms with Crippen molar-refractivity contribution in [2.24, 2.45) is 0 Å². The van der Waals surface area contributed by atoms with Crippen LogP contribution in [0.5, 0.6) is 0 Å². The highest BCUT2D eigenvalue weighted by atomic mass is 19.1. The van der Waals surface area contributed by atoms with Crippen molar-refractivity contribution in [3.05, 3.63) is 24.0 Å². The first-order valence-corrected chi connectivity index (χ1v) is 12.1. The van der Waals surface area contributed by atoms with Gasteiger partial charge >= 0.3 is 5.97 Å². The monoisotopic (exact) mass is 409 g/mol. The molecule has 0 aromatic carbocycles. The number of unbranched alkanes of at least 4 members (excludes halogenated alkanes) is 12. The number of alkyl halides is 1. The van der Waals surface area contributed by atoms with E-state index in [9.17, 15) is 9.18 Å². The Morgan fingerprint density at radius 3 is 2.00 bits per heavy atom. The summed E-state index contributed by atoms with van der Waals surface area (Å²) in [7, 11) is 0. The van der Waals surface area contributed by atoms with Gasteiger partial charge in [-0.2, -0.15) is 0 Å². The SMILES string of the molecule is CCCCCCCCCCCCCCCC(F)CCn1cccc1C(=O)OCC. The molecule has 0 bridgehead atoms. The van der Waals surface area contributed by atoms with E-state index in [1.807, 2.05) is 12.3 Å². The van der Waals surface area contributed by atoms with E-state index in [-0.39, 0.29) is 5.97 Å². The third kappa shape index (κ3) is 12.8. The normalized spacial score (nSPS) is 12.2. The third-order valence-electron chi connectivity index (χ3n) is 5.62. The second kappa shape index (κ2) is 17.5. The molecule has 1 rings (SSSR count). The molecule has 0 amide bonds. The maximum atomic E-state index is 14.2. The maximum absolute atomic E-state index is 14.2. The fourth-order valence-electron chi connectivity index (χ4n) is 3.81. The number of halogens is 1. The third-order valence-corrected chi connectivity index (χ3v) is 5.62. The Labute approximate surface area is 178 Å². The minimum Gasteiger partial charge on any atom is -0.461 e. The summed E-state index contributed by atoms with van der Waals surface area (Å²) >= 11 is 0. The van der Waals surface area contributed by atoms with Crippen LogP contribution in [0, 0.1) is 0 Å². The zero-order valence-electron chi connectivity index (χ0n) is 19.0. The number of hydrogen-bond donors (Lipinski definition) is 0. The lowest BCUT2D eigenvalue weighted by molar-refractivity contribution is 0.0513. The maximum Gasteiger partial charge on any atom is 0.354 e. The van der Waals surface area contributed by atoms with Gasteiger partial charge < -0.3 is 9.30 Å². The summed E-state index contributed by atoms with van der Waals surface area (Å²) < 4.78 is 21.0. The molecule has 0 saturated heterocycles. The fraction of sp³-hybridized carbons (Fsp3) is 0.800. The summed E-state index contributed by atoms with van der Waals surface area (Å²) in [6.45, 7) is 4.94. The summed E-state index contributed by atoms with van der Waals surface area (Å²) in [5, 5.41) is 0. The van der Waals surface area contributed by atoms with Gasteiger partial charge in [0.05, 0.1) is 6.61 Å². The minimum atomic E-state index is -0.792. The Balaban J connectivity index is 1.95. The van der Waals surface area contributed by atoms with Gasteiger partial charge in [-0.05, 0) is 31.9 Å². The number of aryl methyl sites for hydroxylation is 1. The number of esters is 1. The second-order valence-corrected chi connectivity index (χ2v) is 8.22. The molecule has 0 N–H and O–H groups in total. The van der Waals surface area contributed by atoms with Crippen LogP contribution in [0.3, 0.4) is 0 Å². The van der Waals surface area contributed by atoms with Crippen LogP contribution in [-0.4, -0.2) is 23.3 Å². The van der Waals surface area contributed by atoms with E-state index in [0.717, 1.165) is 12.8 Å². The van der Waals surface area contributed by atoms with Crippen molar-refractivity contribution in [2.75, 3.05) is 6.61 Å². The van der Waals surface area contributed by atoms with Gasteiger partial charge in [-0.25, -0.2) is 9.18 Å². The average molecular weight is 410 g/mol. The molecule has 1 heterocycles. The smallest absolute Gasteiger partial charge is 0.354 e. The lowest BCUT2D eigenvalue weighted by Gasteiger charge is -2.11. The standard InChI is InChI=1S/C25H44FNO2/c1-3-5-6-7-8-9-10-11-12-13-14-15-16-18-23(26)20-22-27-21-17-19-24(27)25(28)29-4-2/h17,19,21,23H,3-16,18,20,22H2,1-2H3. The predicted molar refractivity (Wildman–Crippen MR) is 120 cm³/mol. The van der Waals surface area contributed by atoms with Crippen LogP contribution in [-0.2, 0) is 11.3 Å². The Morgan fingerprint density at radius 1 is 0.897 bits per heavy atom. The topological polar surface area (TPSA) is 31.2 Å². The highest BCUT2D eigenvalue weighted by Crippen LogP contribution is 2.16. The van der Waals surface area contributed by atoms with Crippen LogP contribution in [0.25, 0.3) is 0 Å². The molecule has 0 saturated carbocycles. The van der Waals surface area contributed by atoms with Crippen molar-refractivity contribution < 1.29 is 13.9 Å². The molecule has 0 spiro atoms. The molecule has 0 aliphatic heterocycles. The van der Waals surface area contributed by atoms with Gasteiger partial charge in [0.2, 0.25) is 0 Å². The minimum absolute atomic E-state index is 0.329. The van der Waals surface area contributed by atoms with E-state index in [0.29, 0.717) is 31.7 Å². The zero-order valence-corrected chi connectivity index (χ0v) is 19.0. The summed E-state index contributed by atoms with van der Waals surface area (Å²) in [6.07, 6.45) is 19.1. The summed E-state index contributed by atoms with van der Waals surface area (Å²) in [5.41, 5.74) is 0.514. The molecule has 0 aliphatic carbocycles. The number of rotatable bonds is 19. The second-order valence-electron chi connectivity index (χ2n) is 8.22. The largest absolute Gasteiger partial charge is 0.461 e. The molecule has 1 atom stereocenters. The van der Waals surface area contributed by atoms with Crippen LogP contribution in [0.15, 0.2) is 18.3 Å². The van der Waals surface area contributed by atoms with Crippen LogP contribution in [0.1, 0.15) is 121 Å².